The zero-order valence-corrected chi connectivity index (χ0v) is 12.6. The molecular formula is C15H26N4O. The van der Waals surface area contributed by atoms with E-state index in [0.717, 1.165) is 11.7 Å². The minimum Gasteiger partial charge on any atom is -0.467 e. The SMILES string of the molecule is CCCN1CCC(NC(=NC)NCc2ccco2)CC1. The number of guanidine groups is 1. The van der Waals surface area contributed by atoms with Crippen LogP contribution in [0.25, 0.3) is 0 Å². The number of likely N-dealkylation sites (tertiary alicyclic amines) is 1. The molecule has 0 bridgehead atoms. The van der Waals surface area contributed by atoms with Gasteiger partial charge in [0.25, 0.3) is 0 Å². The number of nitrogens with zero attached hydrogens (tertiary/aromatic N) is 2. The van der Waals surface area contributed by atoms with E-state index < -0.39 is 0 Å². The summed E-state index contributed by atoms with van der Waals surface area (Å²) in [4.78, 5) is 6.82. The van der Waals surface area contributed by atoms with Crippen LogP contribution in [-0.4, -0.2) is 43.6 Å². The van der Waals surface area contributed by atoms with Crippen molar-refractivity contribution in [1.29, 1.82) is 0 Å². The molecule has 5 heteroatoms. The fraction of sp³-hybridized carbons (Fsp3) is 0.667. The van der Waals surface area contributed by atoms with Crippen molar-refractivity contribution in [2.75, 3.05) is 26.7 Å². The summed E-state index contributed by atoms with van der Waals surface area (Å²) in [6.07, 6.45) is 5.30. The molecule has 20 heavy (non-hydrogen) atoms. The molecule has 2 rings (SSSR count). The van der Waals surface area contributed by atoms with Gasteiger partial charge in [0.1, 0.15) is 5.76 Å². The highest BCUT2D eigenvalue weighted by Gasteiger charge is 2.19. The van der Waals surface area contributed by atoms with E-state index in [0.29, 0.717) is 12.6 Å². The minimum absolute atomic E-state index is 0.519. The summed E-state index contributed by atoms with van der Waals surface area (Å²) < 4.78 is 5.31. The third-order valence-electron chi connectivity index (χ3n) is 3.70. The second-order valence-electron chi connectivity index (χ2n) is 5.27. The molecule has 0 amide bonds. The van der Waals surface area contributed by atoms with E-state index in [1.165, 1.54) is 38.9 Å². The lowest BCUT2D eigenvalue weighted by Crippen LogP contribution is -2.48. The largest absolute Gasteiger partial charge is 0.467 e. The van der Waals surface area contributed by atoms with Gasteiger partial charge < -0.3 is 20.0 Å². The van der Waals surface area contributed by atoms with E-state index in [-0.39, 0.29) is 0 Å². The Morgan fingerprint density at radius 2 is 2.25 bits per heavy atom. The Bertz CT molecular complexity index is 394. The van der Waals surface area contributed by atoms with Crippen molar-refractivity contribution in [1.82, 2.24) is 15.5 Å². The van der Waals surface area contributed by atoms with Crippen molar-refractivity contribution in [2.45, 2.75) is 38.8 Å². The summed E-state index contributed by atoms with van der Waals surface area (Å²) in [5.41, 5.74) is 0. The summed E-state index contributed by atoms with van der Waals surface area (Å²) in [7, 11) is 1.81. The number of hydrogen-bond acceptors (Lipinski definition) is 3. The lowest BCUT2D eigenvalue weighted by Gasteiger charge is -2.32. The van der Waals surface area contributed by atoms with Gasteiger partial charge in [0.2, 0.25) is 0 Å². The molecule has 1 fully saturated rings. The zero-order valence-electron chi connectivity index (χ0n) is 12.6. The van der Waals surface area contributed by atoms with Crippen LogP contribution in [0.5, 0.6) is 0 Å². The summed E-state index contributed by atoms with van der Waals surface area (Å²) in [5.74, 6) is 1.78. The molecule has 2 N–H and O–H groups in total. The standard InChI is InChI=1S/C15H26N4O/c1-3-8-19-9-6-13(7-10-19)18-15(16-2)17-12-14-5-4-11-20-14/h4-5,11,13H,3,6-10,12H2,1-2H3,(H2,16,17,18). The molecule has 2 heterocycles. The van der Waals surface area contributed by atoms with E-state index in [4.69, 9.17) is 4.42 Å². The maximum Gasteiger partial charge on any atom is 0.191 e. The maximum absolute atomic E-state index is 5.31. The molecule has 0 radical (unpaired) electrons. The Morgan fingerprint density at radius 3 is 2.85 bits per heavy atom. The van der Waals surface area contributed by atoms with E-state index >= 15 is 0 Å². The molecule has 1 saturated heterocycles. The van der Waals surface area contributed by atoms with Crippen molar-refractivity contribution in [3.05, 3.63) is 24.2 Å². The minimum atomic E-state index is 0.519. The van der Waals surface area contributed by atoms with Crippen LogP contribution in [-0.2, 0) is 6.54 Å². The maximum atomic E-state index is 5.31. The number of hydrogen-bond donors (Lipinski definition) is 2. The molecule has 0 saturated carbocycles. The van der Waals surface area contributed by atoms with Crippen molar-refractivity contribution in [3.63, 3.8) is 0 Å². The summed E-state index contributed by atoms with van der Waals surface area (Å²) in [6, 6.07) is 4.38. The van der Waals surface area contributed by atoms with Gasteiger partial charge in [-0.3, -0.25) is 4.99 Å². The van der Waals surface area contributed by atoms with E-state index in [2.05, 4.69) is 27.4 Å². The van der Waals surface area contributed by atoms with Crippen LogP contribution in [0.4, 0.5) is 0 Å². The molecule has 112 valence electrons. The molecule has 5 nitrogen and oxygen atoms in total. The van der Waals surface area contributed by atoms with Gasteiger partial charge in [-0.2, -0.15) is 0 Å². The van der Waals surface area contributed by atoms with Gasteiger partial charge in [0.15, 0.2) is 5.96 Å². The van der Waals surface area contributed by atoms with Crippen molar-refractivity contribution in [3.8, 4) is 0 Å². The first kappa shape index (κ1) is 14.9. The topological polar surface area (TPSA) is 52.8 Å². The molecule has 0 unspecified atom stereocenters. The molecule has 1 aliphatic rings. The van der Waals surface area contributed by atoms with Crippen LogP contribution in [0, 0.1) is 0 Å². The van der Waals surface area contributed by atoms with Crippen LogP contribution in [0.15, 0.2) is 27.8 Å². The van der Waals surface area contributed by atoms with Crippen LogP contribution in [0.2, 0.25) is 0 Å². The monoisotopic (exact) mass is 278 g/mol. The van der Waals surface area contributed by atoms with Crippen LogP contribution in [0.3, 0.4) is 0 Å². The fourth-order valence-corrected chi connectivity index (χ4v) is 2.59. The highest BCUT2D eigenvalue weighted by Crippen LogP contribution is 2.10. The first-order valence-corrected chi connectivity index (χ1v) is 7.53. The number of furan rings is 1. The van der Waals surface area contributed by atoms with Crippen molar-refractivity contribution in [2.24, 2.45) is 4.99 Å². The molecule has 0 spiro atoms. The van der Waals surface area contributed by atoms with Gasteiger partial charge in [0, 0.05) is 26.2 Å². The lowest BCUT2D eigenvalue weighted by molar-refractivity contribution is 0.206. The summed E-state index contributed by atoms with van der Waals surface area (Å²) in [5, 5.41) is 6.79. The molecular weight excluding hydrogens is 252 g/mol. The smallest absolute Gasteiger partial charge is 0.191 e. The Balaban J connectivity index is 1.71. The first-order chi connectivity index (χ1) is 9.81. The van der Waals surface area contributed by atoms with E-state index in [1.54, 1.807) is 6.26 Å². The molecule has 1 aromatic rings. The summed E-state index contributed by atoms with van der Waals surface area (Å²) >= 11 is 0. The second kappa shape index (κ2) is 7.94. The molecule has 1 aromatic heterocycles. The first-order valence-electron chi connectivity index (χ1n) is 7.53. The molecule has 0 aromatic carbocycles. The summed E-state index contributed by atoms with van der Waals surface area (Å²) in [6.45, 7) is 6.49. The van der Waals surface area contributed by atoms with Crippen molar-refractivity contribution < 1.29 is 4.42 Å². The van der Waals surface area contributed by atoms with Gasteiger partial charge >= 0.3 is 0 Å². The molecule has 0 atom stereocenters. The molecule has 0 aliphatic carbocycles. The normalized spacial score (nSPS) is 18.2. The van der Waals surface area contributed by atoms with Crippen LogP contribution in [0.1, 0.15) is 31.9 Å². The van der Waals surface area contributed by atoms with Crippen LogP contribution < -0.4 is 10.6 Å². The van der Waals surface area contributed by atoms with Gasteiger partial charge in [-0.1, -0.05) is 6.92 Å². The number of piperidine rings is 1. The number of aliphatic imine (C=N–C) groups is 1. The van der Waals surface area contributed by atoms with Gasteiger partial charge in [-0.05, 0) is 37.9 Å². The highest BCUT2D eigenvalue weighted by molar-refractivity contribution is 5.79. The quantitative estimate of drug-likeness (QED) is 0.637. The van der Waals surface area contributed by atoms with Gasteiger partial charge in [-0.25, -0.2) is 0 Å². The Morgan fingerprint density at radius 1 is 1.45 bits per heavy atom. The lowest BCUT2D eigenvalue weighted by atomic mass is 10.1. The average molecular weight is 278 g/mol. The third kappa shape index (κ3) is 4.56. The highest BCUT2D eigenvalue weighted by atomic mass is 16.3. The van der Waals surface area contributed by atoms with Crippen LogP contribution >= 0.6 is 0 Å². The number of nitrogens with one attached hydrogen (secondary N) is 2. The molecule has 1 aliphatic heterocycles. The Hall–Kier alpha value is -1.49. The number of rotatable bonds is 5. The predicted molar refractivity (Wildman–Crippen MR) is 81.8 cm³/mol. The van der Waals surface area contributed by atoms with E-state index in [9.17, 15) is 0 Å². The Kier molecular flexibility index (Phi) is 5.92. The zero-order chi connectivity index (χ0) is 14.2. The fourth-order valence-electron chi connectivity index (χ4n) is 2.59. The van der Waals surface area contributed by atoms with Crippen molar-refractivity contribution >= 4 is 5.96 Å². The Labute approximate surface area is 121 Å². The third-order valence-corrected chi connectivity index (χ3v) is 3.70. The average Bonchev–Trinajstić information content (AvgIpc) is 2.99. The van der Waals surface area contributed by atoms with E-state index in [1.807, 2.05) is 19.2 Å². The van der Waals surface area contributed by atoms with Gasteiger partial charge in [0.05, 0.1) is 12.8 Å². The predicted octanol–water partition coefficient (Wildman–Crippen LogP) is 1.82. The second-order valence-corrected chi connectivity index (χ2v) is 5.27. The van der Waals surface area contributed by atoms with Gasteiger partial charge in [-0.15, -0.1) is 0 Å².